The first-order valence-corrected chi connectivity index (χ1v) is 6.94. The Morgan fingerprint density at radius 2 is 2.11 bits per heavy atom. The van der Waals surface area contributed by atoms with Gasteiger partial charge in [-0.2, -0.15) is 0 Å². The van der Waals surface area contributed by atoms with Gasteiger partial charge in [-0.05, 0) is 44.5 Å². The molecule has 1 aromatic rings. The van der Waals surface area contributed by atoms with E-state index in [0.717, 1.165) is 10.0 Å². The number of carbonyl (C=O) groups excluding carboxylic acids is 1. The van der Waals surface area contributed by atoms with Crippen LogP contribution in [0.5, 0.6) is 0 Å². The molecular formula is C14H19BrFNO2. The largest absolute Gasteiger partial charge is 0.460 e. The second-order valence-corrected chi connectivity index (χ2v) is 6.10. The van der Waals surface area contributed by atoms with Gasteiger partial charge in [0.2, 0.25) is 0 Å². The van der Waals surface area contributed by atoms with Crippen LogP contribution >= 0.6 is 15.9 Å². The Morgan fingerprint density at radius 3 is 2.74 bits per heavy atom. The molecule has 0 aliphatic rings. The van der Waals surface area contributed by atoms with E-state index in [1.54, 1.807) is 6.07 Å². The minimum atomic E-state index is -0.456. The third-order valence-corrected chi connectivity index (χ3v) is 3.02. The second kappa shape index (κ2) is 7.01. The van der Waals surface area contributed by atoms with E-state index in [4.69, 9.17) is 4.74 Å². The lowest BCUT2D eigenvalue weighted by Gasteiger charge is -2.19. The predicted molar refractivity (Wildman–Crippen MR) is 76.3 cm³/mol. The molecular weight excluding hydrogens is 313 g/mol. The van der Waals surface area contributed by atoms with Crippen molar-refractivity contribution in [3.05, 3.63) is 34.1 Å². The summed E-state index contributed by atoms with van der Waals surface area (Å²) < 4.78 is 19.1. The van der Waals surface area contributed by atoms with E-state index in [1.807, 2.05) is 20.8 Å². The fraction of sp³-hybridized carbons (Fsp3) is 0.500. The van der Waals surface area contributed by atoms with Gasteiger partial charge in [0.25, 0.3) is 0 Å². The summed E-state index contributed by atoms with van der Waals surface area (Å²) in [6.45, 7) is 6.51. The average molecular weight is 332 g/mol. The minimum absolute atomic E-state index is 0.238. The van der Waals surface area contributed by atoms with Crippen molar-refractivity contribution in [3.8, 4) is 0 Å². The summed E-state index contributed by atoms with van der Waals surface area (Å²) in [4.78, 5) is 11.5. The van der Waals surface area contributed by atoms with Gasteiger partial charge in [-0.1, -0.05) is 15.9 Å². The van der Waals surface area contributed by atoms with Crippen molar-refractivity contribution in [2.75, 3.05) is 6.54 Å². The van der Waals surface area contributed by atoms with E-state index >= 15 is 0 Å². The maximum Gasteiger partial charge on any atom is 0.307 e. The average Bonchev–Trinajstić information content (AvgIpc) is 2.26. The second-order valence-electron chi connectivity index (χ2n) is 5.25. The van der Waals surface area contributed by atoms with E-state index in [1.165, 1.54) is 12.1 Å². The predicted octanol–water partition coefficient (Wildman–Crippen LogP) is 3.41. The Balaban J connectivity index is 2.31. The van der Waals surface area contributed by atoms with Crippen LogP contribution in [-0.4, -0.2) is 18.1 Å². The molecule has 0 radical (unpaired) electrons. The molecule has 106 valence electrons. The summed E-state index contributed by atoms with van der Waals surface area (Å²) in [5.74, 6) is -0.509. The smallest absolute Gasteiger partial charge is 0.307 e. The van der Waals surface area contributed by atoms with Crippen molar-refractivity contribution in [3.63, 3.8) is 0 Å². The molecule has 0 aliphatic carbocycles. The zero-order valence-corrected chi connectivity index (χ0v) is 13.0. The van der Waals surface area contributed by atoms with Crippen molar-refractivity contribution in [2.45, 2.75) is 39.3 Å². The van der Waals surface area contributed by atoms with Crippen LogP contribution in [0.15, 0.2) is 22.7 Å². The molecule has 0 aliphatic heterocycles. The highest BCUT2D eigenvalue weighted by atomic mass is 79.9. The maximum absolute atomic E-state index is 13.0. The quantitative estimate of drug-likeness (QED) is 0.663. The molecule has 0 aromatic heterocycles. The zero-order valence-electron chi connectivity index (χ0n) is 11.4. The highest BCUT2D eigenvalue weighted by molar-refractivity contribution is 9.10. The van der Waals surface area contributed by atoms with Gasteiger partial charge >= 0.3 is 5.97 Å². The number of esters is 1. The lowest BCUT2D eigenvalue weighted by molar-refractivity contribution is -0.154. The highest BCUT2D eigenvalue weighted by Crippen LogP contribution is 2.17. The molecule has 0 heterocycles. The normalized spacial score (nSPS) is 11.4. The number of halogens is 2. The standard InChI is InChI=1S/C14H19BrFNO2/c1-14(2,3)19-13(18)6-7-17-9-10-8-11(16)4-5-12(10)15/h4-5,8,17H,6-7,9H2,1-3H3. The molecule has 0 bridgehead atoms. The molecule has 0 saturated heterocycles. The van der Waals surface area contributed by atoms with Crippen molar-refractivity contribution in [2.24, 2.45) is 0 Å². The topological polar surface area (TPSA) is 38.3 Å². The zero-order chi connectivity index (χ0) is 14.5. The van der Waals surface area contributed by atoms with Crippen LogP contribution in [-0.2, 0) is 16.1 Å². The number of hydrogen-bond acceptors (Lipinski definition) is 3. The van der Waals surface area contributed by atoms with Gasteiger partial charge in [0.1, 0.15) is 11.4 Å². The number of nitrogens with one attached hydrogen (secondary N) is 1. The monoisotopic (exact) mass is 331 g/mol. The molecule has 0 unspecified atom stereocenters. The van der Waals surface area contributed by atoms with E-state index in [2.05, 4.69) is 21.2 Å². The Morgan fingerprint density at radius 1 is 1.42 bits per heavy atom. The van der Waals surface area contributed by atoms with Crippen LogP contribution in [0.25, 0.3) is 0 Å². The number of benzene rings is 1. The Labute approximate surface area is 121 Å². The van der Waals surface area contributed by atoms with E-state index in [-0.39, 0.29) is 11.8 Å². The van der Waals surface area contributed by atoms with Crippen LogP contribution in [0.3, 0.4) is 0 Å². The van der Waals surface area contributed by atoms with Gasteiger partial charge in [0.05, 0.1) is 6.42 Å². The Kier molecular flexibility index (Phi) is 5.94. The molecule has 3 nitrogen and oxygen atoms in total. The van der Waals surface area contributed by atoms with Crippen molar-refractivity contribution >= 4 is 21.9 Å². The van der Waals surface area contributed by atoms with Gasteiger partial charge in [-0.3, -0.25) is 4.79 Å². The molecule has 1 N–H and O–H groups in total. The Bertz CT molecular complexity index is 444. The van der Waals surface area contributed by atoms with Gasteiger partial charge < -0.3 is 10.1 Å². The van der Waals surface area contributed by atoms with Crippen molar-refractivity contribution < 1.29 is 13.9 Å². The summed E-state index contributed by atoms with van der Waals surface area (Å²) in [5, 5.41) is 3.09. The number of carbonyl (C=O) groups is 1. The van der Waals surface area contributed by atoms with E-state index in [0.29, 0.717) is 19.5 Å². The maximum atomic E-state index is 13.0. The molecule has 1 aromatic carbocycles. The van der Waals surface area contributed by atoms with Crippen molar-refractivity contribution in [1.82, 2.24) is 5.32 Å². The summed E-state index contributed by atoms with van der Waals surface area (Å²) in [5.41, 5.74) is 0.368. The number of ether oxygens (including phenoxy) is 1. The van der Waals surface area contributed by atoms with Crippen molar-refractivity contribution in [1.29, 1.82) is 0 Å². The lowest BCUT2D eigenvalue weighted by Crippen LogP contribution is -2.26. The SMILES string of the molecule is CC(C)(C)OC(=O)CCNCc1cc(F)ccc1Br. The molecule has 0 spiro atoms. The molecule has 5 heteroatoms. The number of hydrogen-bond donors (Lipinski definition) is 1. The molecule has 1 rings (SSSR count). The molecule has 0 saturated carbocycles. The fourth-order valence-corrected chi connectivity index (χ4v) is 1.87. The lowest BCUT2D eigenvalue weighted by atomic mass is 10.2. The highest BCUT2D eigenvalue weighted by Gasteiger charge is 2.15. The van der Waals surface area contributed by atoms with Crippen LogP contribution in [0.2, 0.25) is 0 Å². The van der Waals surface area contributed by atoms with Crippen LogP contribution < -0.4 is 5.32 Å². The van der Waals surface area contributed by atoms with Gasteiger partial charge in [-0.25, -0.2) is 4.39 Å². The Hall–Kier alpha value is -0.940. The summed E-state index contributed by atoms with van der Waals surface area (Å²) in [6.07, 6.45) is 0.296. The van der Waals surface area contributed by atoms with Gasteiger partial charge in [0, 0.05) is 17.6 Å². The summed E-state index contributed by atoms with van der Waals surface area (Å²) >= 11 is 3.35. The first-order chi connectivity index (χ1) is 8.78. The van der Waals surface area contributed by atoms with E-state index < -0.39 is 5.60 Å². The third kappa shape index (κ3) is 6.68. The first kappa shape index (κ1) is 16.1. The van der Waals surface area contributed by atoms with E-state index in [9.17, 15) is 9.18 Å². The fourth-order valence-electron chi connectivity index (χ4n) is 1.48. The summed E-state index contributed by atoms with van der Waals surface area (Å²) in [6, 6.07) is 4.53. The minimum Gasteiger partial charge on any atom is -0.460 e. The van der Waals surface area contributed by atoms with Crippen LogP contribution in [0.4, 0.5) is 4.39 Å². The van der Waals surface area contributed by atoms with Crippen LogP contribution in [0, 0.1) is 5.82 Å². The molecule has 0 amide bonds. The van der Waals surface area contributed by atoms with Gasteiger partial charge in [-0.15, -0.1) is 0 Å². The van der Waals surface area contributed by atoms with Crippen LogP contribution in [0.1, 0.15) is 32.8 Å². The third-order valence-electron chi connectivity index (χ3n) is 2.25. The summed E-state index contributed by atoms with van der Waals surface area (Å²) in [7, 11) is 0. The van der Waals surface area contributed by atoms with Gasteiger partial charge in [0.15, 0.2) is 0 Å². The first-order valence-electron chi connectivity index (χ1n) is 6.14. The molecule has 19 heavy (non-hydrogen) atoms. The molecule has 0 fully saturated rings. The molecule has 0 atom stereocenters. The number of rotatable bonds is 5.